The molecule has 1 heterocycles. The maximum absolute atomic E-state index is 5.50. The first kappa shape index (κ1) is 12.3. The van der Waals surface area contributed by atoms with Crippen molar-refractivity contribution in [3.63, 3.8) is 0 Å². The summed E-state index contributed by atoms with van der Waals surface area (Å²) in [5.41, 5.74) is 1.17. The number of aromatic nitrogens is 2. The first-order valence-electron chi connectivity index (χ1n) is 6.53. The fraction of sp³-hybridized carbons (Fsp3) is 0.692. The van der Waals surface area contributed by atoms with E-state index in [1.807, 2.05) is 0 Å². The summed E-state index contributed by atoms with van der Waals surface area (Å²) in [5.74, 6) is 2.39. The van der Waals surface area contributed by atoms with Crippen LogP contribution in [0.2, 0.25) is 0 Å². The van der Waals surface area contributed by atoms with Gasteiger partial charge in [0.1, 0.15) is 12.4 Å². The Morgan fingerprint density at radius 3 is 2.82 bits per heavy atom. The second-order valence-corrected chi connectivity index (χ2v) is 4.45. The standard InChI is InChI=1S/C13H21N3O/c1-3-7-17-9-13-15-11(10-5-6-10)8-12(16-13)14-4-2/h8,10H,3-7,9H2,1-2H3,(H,14,15,16). The van der Waals surface area contributed by atoms with E-state index in [-0.39, 0.29) is 0 Å². The van der Waals surface area contributed by atoms with Gasteiger partial charge in [0.2, 0.25) is 0 Å². The van der Waals surface area contributed by atoms with Gasteiger partial charge in [0.15, 0.2) is 5.82 Å². The maximum Gasteiger partial charge on any atom is 0.156 e. The van der Waals surface area contributed by atoms with Crippen LogP contribution in [-0.2, 0) is 11.3 Å². The van der Waals surface area contributed by atoms with Gasteiger partial charge in [-0.2, -0.15) is 0 Å². The van der Waals surface area contributed by atoms with Gasteiger partial charge in [-0.25, -0.2) is 9.97 Å². The van der Waals surface area contributed by atoms with Crippen LogP contribution in [0.25, 0.3) is 0 Å². The summed E-state index contributed by atoms with van der Waals surface area (Å²) in [6.07, 6.45) is 3.55. The van der Waals surface area contributed by atoms with E-state index in [0.717, 1.165) is 31.2 Å². The smallest absolute Gasteiger partial charge is 0.156 e. The van der Waals surface area contributed by atoms with Crippen molar-refractivity contribution in [2.45, 2.75) is 45.6 Å². The van der Waals surface area contributed by atoms with Crippen LogP contribution in [0.1, 0.15) is 50.5 Å². The second-order valence-electron chi connectivity index (χ2n) is 4.45. The van der Waals surface area contributed by atoms with E-state index in [2.05, 4.69) is 35.2 Å². The van der Waals surface area contributed by atoms with Gasteiger partial charge >= 0.3 is 0 Å². The molecule has 0 atom stereocenters. The third kappa shape index (κ3) is 3.66. The molecule has 1 fully saturated rings. The van der Waals surface area contributed by atoms with E-state index in [1.165, 1.54) is 18.5 Å². The molecule has 1 aromatic heterocycles. The van der Waals surface area contributed by atoms with Crippen molar-refractivity contribution in [2.75, 3.05) is 18.5 Å². The van der Waals surface area contributed by atoms with Gasteiger partial charge in [-0.05, 0) is 26.2 Å². The highest BCUT2D eigenvalue weighted by Gasteiger charge is 2.26. The van der Waals surface area contributed by atoms with Gasteiger partial charge in [0.05, 0.1) is 0 Å². The lowest BCUT2D eigenvalue weighted by Crippen LogP contribution is -2.07. The van der Waals surface area contributed by atoms with Crippen LogP contribution in [0.3, 0.4) is 0 Å². The number of anilines is 1. The molecular formula is C13H21N3O. The van der Waals surface area contributed by atoms with Crippen LogP contribution in [0, 0.1) is 0 Å². The van der Waals surface area contributed by atoms with Gasteiger partial charge in [-0.15, -0.1) is 0 Å². The Balaban J connectivity index is 2.06. The van der Waals surface area contributed by atoms with Gasteiger partial charge in [0.25, 0.3) is 0 Å². The molecule has 1 aromatic rings. The Morgan fingerprint density at radius 2 is 2.18 bits per heavy atom. The summed E-state index contributed by atoms with van der Waals surface area (Å²) in [5, 5.41) is 3.25. The molecule has 1 aliphatic carbocycles. The van der Waals surface area contributed by atoms with Crippen molar-refractivity contribution in [1.82, 2.24) is 9.97 Å². The summed E-state index contributed by atoms with van der Waals surface area (Å²) in [4.78, 5) is 9.03. The minimum absolute atomic E-state index is 0.521. The maximum atomic E-state index is 5.50. The predicted octanol–water partition coefficient (Wildman–Crippen LogP) is 2.71. The highest BCUT2D eigenvalue weighted by atomic mass is 16.5. The third-order valence-electron chi connectivity index (χ3n) is 2.73. The molecule has 1 N–H and O–H groups in total. The number of rotatable bonds is 7. The molecular weight excluding hydrogens is 214 g/mol. The van der Waals surface area contributed by atoms with Crippen molar-refractivity contribution in [3.8, 4) is 0 Å². The average Bonchev–Trinajstić information content (AvgIpc) is 3.13. The van der Waals surface area contributed by atoms with E-state index in [9.17, 15) is 0 Å². The van der Waals surface area contributed by atoms with Crippen LogP contribution < -0.4 is 5.32 Å². The SMILES string of the molecule is CCCOCc1nc(NCC)cc(C2CC2)n1. The van der Waals surface area contributed by atoms with E-state index in [0.29, 0.717) is 12.5 Å². The highest BCUT2D eigenvalue weighted by molar-refractivity contribution is 5.37. The van der Waals surface area contributed by atoms with E-state index in [4.69, 9.17) is 4.74 Å². The summed E-state index contributed by atoms with van der Waals surface area (Å²) in [6, 6.07) is 2.07. The zero-order chi connectivity index (χ0) is 12.1. The molecule has 0 unspecified atom stereocenters. The molecule has 1 aliphatic rings. The number of hydrogen-bond donors (Lipinski definition) is 1. The minimum atomic E-state index is 0.521. The molecule has 0 amide bonds. The third-order valence-corrected chi connectivity index (χ3v) is 2.73. The Morgan fingerprint density at radius 1 is 1.35 bits per heavy atom. The summed E-state index contributed by atoms with van der Waals surface area (Å²) >= 11 is 0. The predicted molar refractivity (Wildman–Crippen MR) is 68.1 cm³/mol. The Kier molecular flexibility index (Phi) is 4.31. The molecule has 2 rings (SSSR count). The summed E-state index contributed by atoms with van der Waals surface area (Å²) < 4.78 is 5.50. The molecule has 17 heavy (non-hydrogen) atoms. The fourth-order valence-electron chi connectivity index (χ4n) is 1.75. The zero-order valence-electron chi connectivity index (χ0n) is 10.7. The number of hydrogen-bond acceptors (Lipinski definition) is 4. The number of nitrogens with one attached hydrogen (secondary N) is 1. The Bertz CT molecular complexity index is 364. The molecule has 0 spiro atoms. The largest absolute Gasteiger partial charge is 0.373 e. The lowest BCUT2D eigenvalue weighted by Gasteiger charge is -2.08. The first-order chi connectivity index (χ1) is 8.33. The highest BCUT2D eigenvalue weighted by Crippen LogP contribution is 2.39. The van der Waals surface area contributed by atoms with Gasteiger partial charge in [-0.1, -0.05) is 6.92 Å². The van der Waals surface area contributed by atoms with E-state index < -0.39 is 0 Å². The quantitative estimate of drug-likeness (QED) is 0.738. The first-order valence-corrected chi connectivity index (χ1v) is 6.53. The van der Waals surface area contributed by atoms with Crippen LogP contribution in [0.5, 0.6) is 0 Å². The molecule has 1 saturated carbocycles. The second kappa shape index (κ2) is 5.96. The Labute approximate surface area is 103 Å². The van der Waals surface area contributed by atoms with Crippen LogP contribution in [0.4, 0.5) is 5.82 Å². The van der Waals surface area contributed by atoms with Crippen LogP contribution in [0.15, 0.2) is 6.07 Å². The fourth-order valence-corrected chi connectivity index (χ4v) is 1.75. The number of nitrogens with zero attached hydrogens (tertiary/aromatic N) is 2. The monoisotopic (exact) mass is 235 g/mol. The molecule has 0 aromatic carbocycles. The lowest BCUT2D eigenvalue weighted by molar-refractivity contribution is 0.116. The van der Waals surface area contributed by atoms with Crippen molar-refractivity contribution in [2.24, 2.45) is 0 Å². The molecule has 94 valence electrons. The molecule has 0 saturated heterocycles. The molecule has 0 aliphatic heterocycles. The van der Waals surface area contributed by atoms with Gasteiger partial charge in [0, 0.05) is 30.8 Å². The average molecular weight is 235 g/mol. The van der Waals surface area contributed by atoms with Gasteiger partial charge < -0.3 is 10.1 Å². The van der Waals surface area contributed by atoms with Crippen molar-refractivity contribution >= 4 is 5.82 Å². The number of ether oxygens (including phenoxy) is 1. The lowest BCUT2D eigenvalue weighted by atomic mass is 10.2. The topological polar surface area (TPSA) is 47.0 Å². The molecule has 4 nitrogen and oxygen atoms in total. The van der Waals surface area contributed by atoms with Crippen molar-refractivity contribution in [3.05, 3.63) is 17.6 Å². The summed E-state index contributed by atoms with van der Waals surface area (Å²) in [6.45, 7) is 6.36. The van der Waals surface area contributed by atoms with Crippen molar-refractivity contribution < 1.29 is 4.74 Å². The minimum Gasteiger partial charge on any atom is -0.373 e. The summed E-state index contributed by atoms with van der Waals surface area (Å²) in [7, 11) is 0. The Hall–Kier alpha value is -1.16. The molecule has 0 radical (unpaired) electrons. The van der Waals surface area contributed by atoms with Crippen molar-refractivity contribution in [1.29, 1.82) is 0 Å². The van der Waals surface area contributed by atoms with Crippen LogP contribution in [-0.4, -0.2) is 23.1 Å². The normalized spacial score (nSPS) is 14.9. The molecule has 0 bridgehead atoms. The zero-order valence-corrected chi connectivity index (χ0v) is 10.7. The molecule has 4 heteroatoms. The van der Waals surface area contributed by atoms with E-state index >= 15 is 0 Å². The van der Waals surface area contributed by atoms with E-state index in [1.54, 1.807) is 0 Å². The van der Waals surface area contributed by atoms with Gasteiger partial charge in [-0.3, -0.25) is 0 Å². The van der Waals surface area contributed by atoms with Crippen LogP contribution >= 0.6 is 0 Å².